The maximum absolute atomic E-state index is 14.6. The van der Waals surface area contributed by atoms with Gasteiger partial charge in [-0.2, -0.15) is 0 Å². The number of rotatable bonds is 6. The first-order chi connectivity index (χ1) is 16.5. The van der Waals surface area contributed by atoms with Crippen molar-refractivity contribution in [2.24, 2.45) is 5.73 Å². The summed E-state index contributed by atoms with van der Waals surface area (Å²) < 4.78 is 14.6. The zero-order valence-corrected chi connectivity index (χ0v) is 20.5. The molecule has 35 heavy (non-hydrogen) atoms. The van der Waals surface area contributed by atoms with E-state index < -0.39 is 23.4 Å². The van der Waals surface area contributed by atoms with E-state index in [1.807, 2.05) is 18.2 Å². The fraction of sp³-hybridized carbons (Fsp3) is 0.231. The third-order valence-electron chi connectivity index (χ3n) is 5.73. The second-order valence-corrected chi connectivity index (χ2v) is 9.32. The molecule has 0 aliphatic rings. The number of primary amides is 1. The predicted molar refractivity (Wildman–Crippen MR) is 135 cm³/mol. The van der Waals surface area contributed by atoms with E-state index >= 15 is 0 Å². The number of aromatic nitrogens is 3. The molecule has 0 aliphatic carbocycles. The number of aryl methyl sites for hydroxylation is 1. The molecule has 0 saturated heterocycles. The third kappa shape index (κ3) is 4.94. The Balaban J connectivity index is 1.78. The van der Waals surface area contributed by atoms with Crippen LogP contribution < -0.4 is 11.1 Å². The van der Waals surface area contributed by atoms with Crippen molar-refractivity contribution < 1.29 is 14.3 Å². The molecule has 0 bridgehead atoms. The van der Waals surface area contributed by atoms with Gasteiger partial charge in [0, 0.05) is 34.5 Å². The lowest BCUT2D eigenvalue weighted by molar-refractivity contribution is 0.0687. The lowest BCUT2D eigenvalue weighted by atomic mass is 10.0. The Morgan fingerprint density at radius 3 is 2.46 bits per heavy atom. The maximum atomic E-state index is 14.6. The molecule has 0 radical (unpaired) electrons. The number of benzene rings is 2. The van der Waals surface area contributed by atoms with Crippen molar-refractivity contribution in [3.05, 3.63) is 82.3 Å². The number of nitrogens with two attached hydrogens (primary N) is 1. The smallest absolute Gasteiger partial charge is 0.248 e. The van der Waals surface area contributed by atoms with Crippen LogP contribution in [0.2, 0.25) is 5.02 Å². The standard InChI is InChI=1S/C26H25ClFN5O2/c1-13(18-10-16(24(29)34)5-7-20(18)28)33-23-19-9-15(6-8-21(19)32-14(2)22(23)27)17-11-30-25(31-12-17)26(3,4)35/h5-13,35H,1-4H3,(H2,29,34)(H,32,33). The van der Waals surface area contributed by atoms with Gasteiger partial charge in [-0.1, -0.05) is 17.7 Å². The van der Waals surface area contributed by atoms with Gasteiger partial charge in [0.2, 0.25) is 5.91 Å². The van der Waals surface area contributed by atoms with Crippen LogP contribution in [0.15, 0.2) is 48.8 Å². The van der Waals surface area contributed by atoms with Crippen LogP contribution in [0, 0.1) is 12.7 Å². The molecule has 1 atom stereocenters. The van der Waals surface area contributed by atoms with Crippen LogP contribution in [-0.4, -0.2) is 26.0 Å². The van der Waals surface area contributed by atoms with Gasteiger partial charge in [0.15, 0.2) is 5.82 Å². The highest BCUT2D eigenvalue weighted by Gasteiger charge is 2.20. The van der Waals surface area contributed by atoms with Crippen molar-refractivity contribution in [3.63, 3.8) is 0 Å². The monoisotopic (exact) mass is 493 g/mol. The second-order valence-electron chi connectivity index (χ2n) is 8.94. The minimum Gasteiger partial charge on any atom is -0.382 e. The van der Waals surface area contributed by atoms with Gasteiger partial charge in [-0.25, -0.2) is 14.4 Å². The highest BCUT2D eigenvalue weighted by molar-refractivity contribution is 6.35. The Morgan fingerprint density at radius 2 is 1.83 bits per heavy atom. The maximum Gasteiger partial charge on any atom is 0.248 e. The molecule has 2 aromatic carbocycles. The molecule has 4 aromatic rings. The molecule has 0 spiro atoms. The number of carbonyl (C=O) groups excluding carboxylic acids is 1. The lowest BCUT2D eigenvalue weighted by Crippen LogP contribution is -2.19. The molecule has 7 nitrogen and oxygen atoms in total. The summed E-state index contributed by atoms with van der Waals surface area (Å²) in [5.41, 5.74) is 8.19. The number of fused-ring (bicyclic) bond motifs is 1. The van der Waals surface area contributed by atoms with Gasteiger partial charge in [0.25, 0.3) is 0 Å². The van der Waals surface area contributed by atoms with Gasteiger partial charge in [0.05, 0.1) is 28.0 Å². The number of nitrogens with zero attached hydrogens (tertiary/aromatic N) is 3. The highest BCUT2D eigenvalue weighted by atomic mass is 35.5. The van der Waals surface area contributed by atoms with Crippen LogP contribution in [0.5, 0.6) is 0 Å². The fourth-order valence-electron chi connectivity index (χ4n) is 3.80. The van der Waals surface area contributed by atoms with E-state index in [0.29, 0.717) is 27.7 Å². The molecule has 0 aliphatic heterocycles. The van der Waals surface area contributed by atoms with Crippen LogP contribution in [0.25, 0.3) is 22.0 Å². The first-order valence-electron chi connectivity index (χ1n) is 11.0. The molecule has 2 heterocycles. The average Bonchev–Trinajstić information content (AvgIpc) is 2.81. The lowest BCUT2D eigenvalue weighted by Gasteiger charge is -2.21. The molecule has 4 rings (SSSR count). The number of hydrogen-bond acceptors (Lipinski definition) is 6. The van der Waals surface area contributed by atoms with Gasteiger partial charge < -0.3 is 16.2 Å². The van der Waals surface area contributed by atoms with E-state index in [-0.39, 0.29) is 11.1 Å². The van der Waals surface area contributed by atoms with Crippen LogP contribution in [0.1, 0.15) is 54.3 Å². The topological polar surface area (TPSA) is 114 Å². The Bertz CT molecular complexity index is 1430. The van der Waals surface area contributed by atoms with Crippen molar-refractivity contribution in [1.29, 1.82) is 0 Å². The number of hydrogen-bond donors (Lipinski definition) is 3. The summed E-state index contributed by atoms with van der Waals surface area (Å²) in [5, 5.41) is 14.5. The minimum absolute atomic E-state index is 0.216. The van der Waals surface area contributed by atoms with Gasteiger partial charge >= 0.3 is 0 Å². The summed E-state index contributed by atoms with van der Waals surface area (Å²) in [4.78, 5) is 24.7. The number of amides is 1. The SMILES string of the molecule is Cc1nc2ccc(-c3cnc(C(C)(C)O)nc3)cc2c(NC(C)c2cc(C(N)=O)ccc2F)c1Cl. The van der Waals surface area contributed by atoms with E-state index in [4.69, 9.17) is 17.3 Å². The number of nitrogens with one attached hydrogen (secondary N) is 1. The molecule has 1 amide bonds. The first-order valence-corrected chi connectivity index (χ1v) is 11.3. The molecule has 1 unspecified atom stereocenters. The predicted octanol–water partition coefficient (Wildman–Crippen LogP) is 5.29. The Hall–Kier alpha value is -3.62. The number of pyridine rings is 1. The molecule has 2 aromatic heterocycles. The molecule has 0 saturated carbocycles. The summed E-state index contributed by atoms with van der Waals surface area (Å²) in [6, 6.07) is 9.14. The quantitative estimate of drug-likeness (QED) is 0.336. The van der Waals surface area contributed by atoms with Crippen LogP contribution >= 0.6 is 11.6 Å². The van der Waals surface area contributed by atoms with E-state index in [0.717, 1.165) is 16.5 Å². The van der Waals surface area contributed by atoms with Crippen LogP contribution in [0.3, 0.4) is 0 Å². The number of aliphatic hydroxyl groups is 1. The molecule has 0 fully saturated rings. The first kappa shape index (κ1) is 24.5. The molecule has 180 valence electrons. The summed E-state index contributed by atoms with van der Waals surface area (Å²) in [6.07, 6.45) is 3.29. The number of anilines is 1. The molecular formula is C26H25ClFN5O2. The minimum atomic E-state index is -1.15. The van der Waals surface area contributed by atoms with E-state index in [1.54, 1.807) is 40.1 Å². The number of carbonyl (C=O) groups is 1. The van der Waals surface area contributed by atoms with Crippen molar-refractivity contribution in [1.82, 2.24) is 15.0 Å². The molecular weight excluding hydrogens is 469 g/mol. The van der Waals surface area contributed by atoms with Crippen LogP contribution in [0.4, 0.5) is 10.1 Å². The summed E-state index contributed by atoms with van der Waals surface area (Å²) in [7, 11) is 0. The van der Waals surface area contributed by atoms with Gasteiger partial charge in [-0.15, -0.1) is 0 Å². The van der Waals surface area contributed by atoms with Crippen LogP contribution in [-0.2, 0) is 5.60 Å². The molecule has 9 heteroatoms. The average molecular weight is 494 g/mol. The van der Waals surface area contributed by atoms with Gasteiger partial charge in [0.1, 0.15) is 11.4 Å². The van der Waals surface area contributed by atoms with E-state index in [2.05, 4.69) is 20.3 Å². The molecule has 4 N–H and O–H groups in total. The normalized spacial score (nSPS) is 12.5. The van der Waals surface area contributed by atoms with Gasteiger partial charge in [-0.3, -0.25) is 9.78 Å². The largest absolute Gasteiger partial charge is 0.382 e. The highest BCUT2D eigenvalue weighted by Crippen LogP contribution is 2.37. The van der Waals surface area contributed by atoms with E-state index in [1.165, 1.54) is 18.2 Å². The Labute approximate surface area is 207 Å². The van der Waals surface area contributed by atoms with Crippen molar-refractivity contribution in [2.45, 2.75) is 39.3 Å². The second kappa shape index (κ2) is 9.20. The third-order valence-corrected chi connectivity index (χ3v) is 6.19. The Morgan fingerprint density at radius 1 is 1.14 bits per heavy atom. The van der Waals surface area contributed by atoms with Gasteiger partial charge in [-0.05, 0) is 63.6 Å². The van der Waals surface area contributed by atoms with E-state index in [9.17, 15) is 14.3 Å². The summed E-state index contributed by atoms with van der Waals surface area (Å²) in [6.45, 7) is 6.81. The fourth-order valence-corrected chi connectivity index (χ4v) is 4.00. The van der Waals surface area contributed by atoms with Crippen molar-refractivity contribution in [3.8, 4) is 11.1 Å². The van der Waals surface area contributed by atoms with Crippen molar-refractivity contribution >= 4 is 34.1 Å². The summed E-state index contributed by atoms with van der Waals surface area (Å²) in [5.74, 6) is -0.783. The number of halogens is 2. The summed E-state index contributed by atoms with van der Waals surface area (Å²) >= 11 is 6.65. The zero-order valence-electron chi connectivity index (χ0n) is 19.7. The zero-order chi connectivity index (χ0) is 25.5. The van der Waals surface area contributed by atoms with Crippen molar-refractivity contribution in [2.75, 3.05) is 5.32 Å². The Kier molecular flexibility index (Phi) is 6.44.